The van der Waals surface area contributed by atoms with Crippen molar-refractivity contribution in [1.82, 2.24) is 0 Å². The molecule has 92 valence electrons. The summed E-state index contributed by atoms with van der Waals surface area (Å²) >= 11 is 0. The van der Waals surface area contributed by atoms with Crippen molar-refractivity contribution in [3.8, 4) is 0 Å². The lowest BCUT2D eigenvalue weighted by Crippen LogP contribution is -2.42. The van der Waals surface area contributed by atoms with E-state index in [2.05, 4.69) is 0 Å². The minimum atomic E-state index is -1.03. The topological polar surface area (TPSA) is 69.7 Å². The van der Waals surface area contributed by atoms with Crippen LogP contribution in [-0.2, 0) is 23.9 Å². The number of Topliss-reactive ketones (excluding diaryl/α,β-unsaturated/α-hetero) is 1. The van der Waals surface area contributed by atoms with Gasteiger partial charge in [0.25, 0.3) is 0 Å². The maximum atomic E-state index is 11.3. The molecule has 0 unspecified atom stereocenters. The van der Waals surface area contributed by atoms with Crippen LogP contribution >= 0.6 is 0 Å². The van der Waals surface area contributed by atoms with E-state index in [1.54, 1.807) is 13.8 Å². The van der Waals surface area contributed by atoms with Gasteiger partial charge in [-0.15, -0.1) is 0 Å². The van der Waals surface area contributed by atoms with E-state index in [1.165, 1.54) is 20.8 Å². The summed E-state index contributed by atoms with van der Waals surface area (Å²) in [4.78, 5) is 33.1. The van der Waals surface area contributed by atoms with Gasteiger partial charge in [-0.05, 0) is 12.8 Å². The molecule has 0 aromatic carbocycles. The van der Waals surface area contributed by atoms with Crippen molar-refractivity contribution in [1.29, 1.82) is 0 Å². The lowest BCUT2D eigenvalue weighted by molar-refractivity contribution is -0.172. The second-order valence-corrected chi connectivity index (χ2v) is 3.96. The molecule has 5 nitrogen and oxygen atoms in total. The molecule has 0 aromatic heterocycles. The van der Waals surface area contributed by atoms with Crippen LogP contribution in [0.5, 0.6) is 0 Å². The third-order valence-electron chi connectivity index (χ3n) is 1.95. The molecular weight excluding hydrogens is 212 g/mol. The van der Waals surface area contributed by atoms with Gasteiger partial charge in [-0.25, -0.2) is 0 Å². The Labute approximate surface area is 95.1 Å². The molecular formula is C11H18O5. The van der Waals surface area contributed by atoms with E-state index in [-0.39, 0.29) is 11.7 Å². The van der Waals surface area contributed by atoms with Crippen LogP contribution < -0.4 is 0 Å². The molecule has 0 fully saturated rings. The molecule has 0 amide bonds. The van der Waals surface area contributed by atoms with Crippen molar-refractivity contribution in [3.05, 3.63) is 0 Å². The van der Waals surface area contributed by atoms with Gasteiger partial charge in [0.15, 0.2) is 11.9 Å². The second-order valence-electron chi connectivity index (χ2n) is 3.96. The van der Waals surface area contributed by atoms with Gasteiger partial charge in [0.1, 0.15) is 6.10 Å². The van der Waals surface area contributed by atoms with Crippen LogP contribution in [0.2, 0.25) is 0 Å². The average Bonchev–Trinajstić information content (AvgIpc) is 2.09. The van der Waals surface area contributed by atoms with Gasteiger partial charge in [0.2, 0.25) is 0 Å². The highest BCUT2D eigenvalue weighted by Crippen LogP contribution is 2.15. The Kier molecular flexibility index (Phi) is 5.71. The number of hydrogen-bond donors (Lipinski definition) is 0. The molecule has 0 heterocycles. The first-order valence-corrected chi connectivity index (χ1v) is 5.10. The van der Waals surface area contributed by atoms with Gasteiger partial charge in [-0.1, -0.05) is 13.8 Å². The summed E-state index contributed by atoms with van der Waals surface area (Å²) in [6.07, 6.45) is -1.76. The summed E-state index contributed by atoms with van der Waals surface area (Å²) in [7, 11) is 0. The molecule has 0 aliphatic heterocycles. The molecule has 2 atom stereocenters. The van der Waals surface area contributed by atoms with E-state index < -0.39 is 24.1 Å². The van der Waals surface area contributed by atoms with Crippen LogP contribution in [0.1, 0.15) is 34.6 Å². The van der Waals surface area contributed by atoms with Gasteiger partial charge >= 0.3 is 11.9 Å². The zero-order chi connectivity index (χ0) is 12.9. The maximum absolute atomic E-state index is 11.3. The molecule has 0 rings (SSSR count). The molecule has 0 bridgehead atoms. The maximum Gasteiger partial charge on any atom is 0.303 e. The average molecular weight is 230 g/mol. The molecule has 0 aromatic rings. The van der Waals surface area contributed by atoms with Crippen molar-refractivity contribution >= 4 is 17.7 Å². The fourth-order valence-corrected chi connectivity index (χ4v) is 1.30. The number of ether oxygens (including phenoxy) is 2. The number of rotatable bonds is 5. The van der Waals surface area contributed by atoms with Gasteiger partial charge in [0, 0.05) is 13.8 Å². The minimum Gasteiger partial charge on any atom is -0.458 e. The highest BCUT2D eigenvalue weighted by atomic mass is 16.6. The minimum absolute atomic E-state index is 0.114. The Hall–Kier alpha value is -1.39. The summed E-state index contributed by atoms with van der Waals surface area (Å²) in [5.41, 5.74) is 0. The first kappa shape index (κ1) is 14.6. The second kappa shape index (κ2) is 6.25. The smallest absolute Gasteiger partial charge is 0.303 e. The van der Waals surface area contributed by atoms with Crippen LogP contribution in [0.3, 0.4) is 0 Å². The van der Waals surface area contributed by atoms with Crippen LogP contribution in [0.4, 0.5) is 0 Å². The third kappa shape index (κ3) is 4.91. The monoisotopic (exact) mass is 230 g/mol. The van der Waals surface area contributed by atoms with Gasteiger partial charge in [0.05, 0.1) is 0 Å². The number of esters is 2. The van der Waals surface area contributed by atoms with E-state index in [1.807, 2.05) is 0 Å². The predicted octanol–water partition coefficient (Wildman–Crippen LogP) is 1.09. The lowest BCUT2D eigenvalue weighted by Gasteiger charge is -2.27. The van der Waals surface area contributed by atoms with Crippen LogP contribution in [0.15, 0.2) is 0 Å². The standard InChI is InChI=1S/C11H18O5/c1-6(2)10(15-8(4)13)11(7(3)12)16-9(5)14/h6,10-11H,1-5H3/t10-,11+/m1/s1. The Morgan fingerprint density at radius 3 is 1.56 bits per heavy atom. The molecule has 0 aliphatic carbocycles. The van der Waals surface area contributed by atoms with Crippen molar-refractivity contribution in [2.24, 2.45) is 5.92 Å². The SMILES string of the molecule is CC(=O)O[C@H](C(C)C)[C@@H](OC(C)=O)C(C)=O. The fourth-order valence-electron chi connectivity index (χ4n) is 1.30. The summed E-state index contributed by atoms with van der Waals surface area (Å²) < 4.78 is 9.87. The summed E-state index contributed by atoms with van der Waals surface area (Å²) in [5.74, 6) is -1.53. The van der Waals surface area contributed by atoms with E-state index in [4.69, 9.17) is 9.47 Å². The first-order chi connectivity index (χ1) is 7.25. The highest BCUT2D eigenvalue weighted by Gasteiger charge is 2.33. The lowest BCUT2D eigenvalue weighted by atomic mass is 9.99. The Balaban J connectivity index is 4.86. The van der Waals surface area contributed by atoms with Crippen molar-refractivity contribution < 1.29 is 23.9 Å². The molecule has 0 saturated carbocycles. The number of ketones is 1. The molecule has 0 radical (unpaired) electrons. The Morgan fingerprint density at radius 1 is 0.875 bits per heavy atom. The summed E-state index contributed by atoms with van der Waals surface area (Å²) in [6.45, 7) is 7.33. The van der Waals surface area contributed by atoms with Crippen LogP contribution in [-0.4, -0.2) is 29.9 Å². The number of carbonyl (C=O) groups excluding carboxylic acids is 3. The molecule has 16 heavy (non-hydrogen) atoms. The third-order valence-corrected chi connectivity index (χ3v) is 1.95. The highest BCUT2D eigenvalue weighted by molar-refractivity contribution is 5.84. The van der Waals surface area contributed by atoms with Crippen LogP contribution in [0.25, 0.3) is 0 Å². The summed E-state index contributed by atoms with van der Waals surface area (Å²) in [5, 5.41) is 0. The molecule has 0 N–H and O–H groups in total. The number of carbonyl (C=O) groups is 3. The van der Waals surface area contributed by atoms with Crippen molar-refractivity contribution in [2.75, 3.05) is 0 Å². The zero-order valence-electron chi connectivity index (χ0n) is 10.3. The van der Waals surface area contributed by atoms with Gasteiger partial charge < -0.3 is 9.47 Å². The molecule has 5 heteroatoms. The van der Waals surface area contributed by atoms with E-state index in [0.29, 0.717) is 0 Å². The molecule has 0 aliphatic rings. The zero-order valence-corrected chi connectivity index (χ0v) is 10.3. The van der Waals surface area contributed by atoms with Gasteiger partial charge in [-0.3, -0.25) is 14.4 Å². The molecule has 0 spiro atoms. The Morgan fingerprint density at radius 2 is 1.31 bits per heavy atom. The fraction of sp³-hybridized carbons (Fsp3) is 0.727. The first-order valence-electron chi connectivity index (χ1n) is 5.10. The van der Waals surface area contributed by atoms with E-state index in [9.17, 15) is 14.4 Å². The predicted molar refractivity (Wildman–Crippen MR) is 56.6 cm³/mol. The van der Waals surface area contributed by atoms with Crippen molar-refractivity contribution in [3.63, 3.8) is 0 Å². The van der Waals surface area contributed by atoms with E-state index >= 15 is 0 Å². The normalized spacial score (nSPS) is 14.1. The summed E-state index contributed by atoms with van der Waals surface area (Å²) in [6, 6.07) is 0. The quantitative estimate of drug-likeness (QED) is 0.661. The largest absolute Gasteiger partial charge is 0.458 e. The van der Waals surface area contributed by atoms with E-state index in [0.717, 1.165) is 0 Å². The molecule has 0 saturated heterocycles. The van der Waals surface area contributed by atoms with Crippen LogP contribution in [0, 0.1) is 5.92 Å². The van der Waals surface area contributed by atoms with Gasteiger partial charge in [-0.2, -0.15) is 0 Å². The number of hydrogen-bond acceptors (Lipinski definition) is 5. The van der Waals surface area contributed by atoms with Crippen molar-refractivity contribution in [2.45, 2.75) is 46.8 Å². The Bertz CT molecular complexity index is 282.